The molecule has 0 aliphatic heterocycles. The molecule has 2 amide bonds. The first-order valence-electron chi connectivity index (χ1n) is 13.7. The Balaban J connectivity index is 1.56. The van der Waals surface area contributed by atoms with Gasteiger partial charge in [0.15, 0.2) is 0 Å². The van der Waals surface area contributed by atoms with Crippen LogP contribution in [0.15, 0.2) is 85.2 Å². The molecule has 0 bridgehead atoms. The van der Waals surface area contributed by atoms with Gasteiger partial charge in [-0.1, -0.05) is 67.8 Å². The van der Waals surface area contributed by atoms with E-state index in [9.17, 15) is 14.4 Å². The van der Waals surface area contributed by atoms with E-state index in [1.165, 1.54) is 18.1 Å². The number of rotatable bonds is 9. The summed E-state index contributed by atoms with van der Waals surface area (Å²) in [7, 11) is 1.32. The van der Waals surface area contributed by atoms with Gasteiger partial charge in [-0.25, -0.2) is 9.48 Å². The second kappa shape index (κ2) is 13.0. The summed E-state index contributed by atoms with van der Waals surface area (Å²) >= 11 is 0. The van der Waals surface area contributed by atoms with E-state index in [1.807, 2.05) is 30.3 Å². The van der Waals surface area contributed by atoms with Crippen molar-refractivity contribution < 1.29 is 19.1 Å². The molecule has 0 radical (unpaired) electrons. The molecule has 0 saturated heterocycles. The number of ether oxygens (including phenoxy) is 1. The molecule has 4 aromatic rings. The van der Waals surface area contributed by atoms with Crippen LogP contribution < -0.4 is 5.32 Å². The average molecular weight is 553 g/mol. The van der Waals surface area contributed by atoms with Gasteiger partial charge in [-0.3, -0.25) is 9.59 Å². The number of aromatic nitrogens is 4. The lowest BCUT2D eigenvalue weighted by molar-refractivity contribution is -0.127. The largest absolute Gasteiger partial charge is 0.465 e. The highest BCUT2D eigenvalue weighted by molar-refractivity contribution is 5.98. The first kappa shape index (κ1) is 27.7. The fourth-order valence-electron chi connectivity index (χ4n) is 5.21. The third kappa shape index (κ3) is 6.66. The second-order valence-electron chi connectivity index (χ2n) is 10.1. The topological polar surface area (TPSA) is 119 Å². The van der Waals surface area contributed by atoms with Gasteiger partial charge in [0, 0.05) is 18.2 Å². The van der Waals surface area contributed by atoms with E-state index < -0.39 is 12.0 Å². The number of benzene rings is 3. The molecular weight excluding hydrogens is 520 g/mol. The zero-order valence-corrected chi connectivity index (χ0v) is 22.8. The summed E-state index contributed by atoms with van der Waals surface area (Å²) in [6, 6.07) is 22.3. The van der Waals surface area contributed by atoms with E-state index in [-0.39, 0.29) is 24.4 Å². The van der Waals surface area contributed by atoms with Crippen molar-refractivity contribution >= 4 is 17.8 Å². The van der Waals surface area contributed by atoms with Crippen LogP contribution in [0.5, 0.6) is 0 Å². The Morgan fingerprint density at radius 2 is 1.71 bits per heavy atom. The molecule has 1 fully saturated rings. The van der Waals surface area contributed by atoms with E-state index in [0.29, 0.717) is 22.4 Å². The normalized spacial score (nSPS) is 14.2. The number of nitrogens with one attached hydrogen (secondary N) is 1. The summed E-state index contributed by atoms with van der Waals surface area (Å²) in [5, 5.41) is 14.5. The molecule has 1 N–H and O–H groups in total. The van der Waals surface area contributed by atoms with Crippen molar-refractivity contribution in [2.75, 3.05) is 7.11 Å². The quantitative estimate of drug-likeness (QED) is 0.308. The van der Waals surface area contributed by atoms with Crippen molar-refractivity contribution in [3.8, 4) is 5.69 Å². The zero-order chi connectivity index (χ0) is 28.6. The van der Waals surface area contributed by atoms with Gasteiger partial charge in [0.25, 0.3) is 5.91 Å². The number of methoxy groups -OCH3 is 1. The summed E-state index contributed by atoms with van der Waals surface area (Å²) in [5.74, 6) is -1.07. The molecule has 1 aromatic heterocycles. The van der Waals surface area contributed by atoms with Crippen molar-refractivity contribution in [3.63, 3.8) is 0 Å². The lowest BCUT2D eigenvalue weighted by atomic mass is 9.94. The second-order valence-corrected chi connectivity index (χ2v) is 10.1. The van der Waals surface area contributed by atoms with E-state index in [2.05, 4.69) is 20.8 Å². The molecule has 0 unspecified atom stereocenters. The van der Waals surface area contributed by atoms with Crippen molar-refractivity contribution in [1.29, 1.82) is 0 Å². The minimum atomic E-state index is -0.951. The molecular formula is C31H32N6O4. The number of esters is 1. The maximum Gasteiger partial charge on any atom is 0.337 e. The molecule has 3 aromatic carbocycles. The molecule has 210 valence electrons. The van der Waals surface area contributed by atoms with Gasteiger partial charge in [-0.05, 0) is 64.7 Å². The van der Waals surface area contributed by atoms with E-state index in [1.54, 1.807) is 53.4 Å². The predicted molar refractivity (Wildman–Crippen MR) is 151 cm³/mol. The molecule has 10 heteroatoms. The Labute approximate surface area is 238 Å². The smallest absolute Gasteiger partial charge is 0.337 e. The van der Waals surface area contributed by atoms with Crippen molar-refractivity contribution in [2.24, 2.45) is 0 Å². The molecule has 1 heterocycles. The number of tetrazole rings is 1. The van der Waals surface area contributed by atoms with Gasteiger partial charge >= 0.3 is 5.97 Å². The lowest BCUT2D eigenvalue weighted by Crippen LogP contribution is -2.46. The fraction of sp³-hybridized carbons (Fsp3) is 0.290. The third-order valence-corrected chi connectivity index (χ3v) is 7.32. The molecule has 10 nitrogen and oxygen atoms in total. The van der Waals surface area contributed by atoms with Crippen LogP contribution in [0.3, 0.4) is 0 Å². The van der Waals surface area contributed by atoms with E-state index >= 15 is 0 Å². The number of hydrogen-bond acceptors (Lipinski definition) is 7. The number of hydrogen-bond donors (Lipinski definition) is 1. The summed E-state index contributed by atoms with van der Waals surface area (Å²) < 4.78 is 6.32. The highest BCUT2D eigenvalue weighted by atomic mass is 16.5. The first-order valence-corrected chi connectivity index (χ1v) is 13.7. The van der Waals surface area contributed by atoms with Crippen LogP contribution in [0.25, 0.3) is 5.69 Å². The van der Waals surface area contributed by atoms with Gasteiger partial charge in [-0.15, -0.1) is 5.10 Å². The van der Waals surface area contributed by atoms with Crippen LogP contribution in [-0.2, 0) is 16.1 Å². The third-order valence-electron chi connectivity index (χ3n) is 7.32. The molecule has 1 aliphatic rings. The van der Waals surface area contributed by atoms with E-state index in [0.717, 1.165) is 37.7 Å². The Morgan fingerprint density at radius 1 is 0.951 bits per heavy atom. The minimum Gasteiger partial charge on any atom is -0.465 e. The summed E-state index contributed by atoms with van der Waals surface area (Å²) in [6.45, 7) is 0.191. The Bertz CT molecular complexity index is 1470. The maximum absolute atomic E-state index is 14.3. The van der Waals surface area contributed by atoms with Gasteiger partial charge in [-0.2, -0.15) is 0 Å². The zero-order valence-electron chi connectivity index (χ0n) is 22.8. The van der Waals surface area contributed by atoms with Crippen LogP contribution in [0.4, 0.5) is 0 Å². The Kier molecular flexibility index (Phi) is 8.78. The number of amides is 2. The first-order chi connectivity index (χ1) is 20.0. The summed E-state index contributed by atoms with van der Waals surface area (Å²) in [5.41, 5.74) is 2.82. The average Bonchev–Trinajstić information content (AvgIpc) is 3.57. The van der Waals surface area contributed by atoms with Crippen LogP contribution in [-0.4, -0.2) is 56.0 Å². The van der Waals surface area contributed by atoms with Gasteiger partial charge < -0.3 is 15.0 Å². The lowest BCUT2D eigenvalue weighted by Gasteiger charge is -2.33. The SMILES string of the molecule is COC(=O)c1ccc([C@@H](C(=O)NC2CCCCC2)N(Cc2ccccc2)C(=O)c2cccc(-n3cnnn3)c2)cc1. The van der Waals surface area contributed by atoms with Crippen LogP contribution in [0, 0.1) is 0 Å². The maximum atomic E-state index is 14.3. The molecule has 1 saturated carbocycles. The van der Waals surface area contributed by atoms with Crippen LogP contribution >= 0.6 is 0 Å². The highest BCUT2D eigenvalue weighted by Crippen LogP contribution is 2.28. The predicted octanol–water partition coefficient (Wildman–Crippen LogP) is 4.28. The van der Waals surface area contributed by atoms with Crippen molar-refractivity contribution in [2.45, 2.75) is 50.7 Å². The number of nitrogens with zero attached hydrogens (tertiary/aromatic N) is 5. The molecule has 1 aliphatic carbocycles. The highest BCUT2D eigenvalue weighted by Gasteiger charge is 2.34. The van der Waals surface area contributed by atoms with Crippen LogP contribution in [0.2, 0.25) is 0 Å². The van der Waals surface area contributed by atoms with Gasteiger partial charge in [0.2, 0.25) is 5.91 Å². The monoisotopic (exact) mass is 552 g/mol. The van der Waals surface area contributed by atoms with E-state index in [4.69, 9.17) is 4.74 Å². The number of carbonyl (C=O) groups excluding carboxylic acids is 3. The molecule has 5 rings (SSSR count). The van der Waals surface area contributed by atoms with Crippen molar-refractivity contribution in [1.82, 2.24) is 30.4 Å². The van der Waals surface area contributed by atoms with Gasteiger partial charge in [0.1, 0.15) is 12.4 Å². The Morgan fingerprint density at radius 3 is 2.39 bits per heavy atom. The van der Waals surface area contributed by atoms with Gasteiger partial charge in [0.05, 0.1) is 18.4 Å². The molecule has 41 heavy (non-hydrogen) atoms. The fourth-order valence-corrected chi connectivity index (χ4v) is 5.21. The standard InChI is InChI=1S/C31H32N6O4/c1-41-31(40)24-17-15-23(16-18-24)28(29(38)33-26-12-6-3-7-13-26)36(20-22-9-4-2-5-10-22)30(39)25-11-8-14-27(19-25)37-21-32-34-35-37/h2,4-5,8-11,14-19,21,26,28H,3,6-7,12-13,20H2,1H3,(H,33,38)/t28-/m0/s1. The molecule has 0 spiro atoms. The van der Waals surface area contributed by atoms with Crippen LogP contribution in [0.1, 0.15) is 70.0 Å². The minimum absolute atomic E-state index is 0.0462. The Hall–Kier alpha value is -4.86. The summed E-state index contributed by atoms with van der Waals surface area (Å²) in [4.78, 5) is 42.1. The number of carbonyl (C=O) groups is 3. The summed E-state index contributed by atoms with van der Waals surface area (Å²) in [6.07, 6.45) is 6.52. The van der Waals surface area contributed by atoms with Crippen molar-refractivity contribution in [3.05, 3.63) is 107 Å². The molecule has 1 atom stereocenters.